The summed E-state index contributed by atoms with van der Waals surface area (Å²) in [4.78, 5) is 28.9. The zero-order valence-corrected chi connectivity index (χ0v) is 16.4. The van der Waals surface area contributed by atoms with Gasteiger partial charge in [0, 0.05) is 63.0 Å². The molecule has 3 N–H and O–H groups in total. The Morgan fingerprint density at radius 3 is 2.48 bits per heavy atom. The predicted molar refractivity (Wildman–Crippen MR) is 104 cm³/mol. The van der Waals surface area contributed by atoms with E-state index in [9.17, 15) is 9.59 Å². The van der Waals surface area contributed by atoms with E-state index in [-0.39, 0.29) is 24.3 Å². The lowest BCUT2D eigenvalue weighted by atomic mass is 9.96. The molecule has 1 aromatic rings. The maximum absolute atomic E-state index is 12.8. The fourth-order valence-corrected chi connectivity index (χ4v) is 4.18. The Bertz CT molecular complexity index is 665. The normalized spacial score (nSPS) is 20.6. The van der Waals surface area contributed by atoms with Crippen LogP contribution in [0.15, 0.2) is 0 Å². The number of amides is 3. The molecule has 9 heteroatoms. The molecule has 4 rings (SSSR count). The molecule has 8 nitrogen and oxygen atoms in total. The molecule has 0 bridgehead atoms. The number of piperazine rings is 1. The SMILES string of the molecule is Cl.O=C(NC1CCCCC1)N1CCN(C(=O)c2n[nH]c3c2CNCC3)CC1. The molecule has 0 spiro atoms. The van der Waals surface area contributed by atoms with Crippen LogP contribution in [-0.2, 0) is 13.0 Å². The highest BCUT2D eigenvalue weighted by atomic mass is 35.5. The van der Waals surface area contributed by atoms with Gasteiger partial charge in [-0.2, -0.15) is 5.10 Å². The van der Waals surface area contributed by atoms with Crippen molar-refractivity contribution in [1.29, 1.82) is 0 Å². The number of halogens is 1. The number of rotatable bonds is 2. The van der Waals surface area contributed by atoms with Crippen LogP contribution in [0.5, 0.6) is 0 Å². The Labute approximate surface area is 165 Å². The van der Waals surface area contributed by atoms with Gasteiger partial charge in [0.1, 0.15) is 0 Å². The molecule has 150 valence electrons. The van der Waals surface area contributed by atoms with E-state index >= 15 is 0 Å². The average molecular weight is 397 g/mol. The molecule has 1 aromatic heterocycles. The van der Waals surface area contributed by atoms with Gasteiger partial charge in [-0.05, 0) is 12.8 Å². The van der Waals surface area contributed by atoms with E-state index in [1.807, 2.05) is 9.80 Å². The van der Waals surface area contributed by atoms with Gasteiger partial charge in [-0.1, -0.05) is 19.3 Å². The maximum atomic E-state index is 12.8. The fraction of sp³-hybridized carbons (Fsp3) is 0.722. The maximum Gasteiger partial charge on any atom is 0.317 e. The Morgan fingerprint density at radius 1 is 1.04 bits per heavy atom. The lowest BCUT2D eigenvalue weighted by Crippen LogP contribution is -2.54. The van der Waals surface area contributed by atoms with Crippen molar-refractivity contribution in [2.45, 2.75) is 51.1 Å². The Hall–Kier alpha value is -1.80. The number of fused-ring (bicyclic) bond motifs is 1. The molecule has 1 aliphatic carbocycles. The van der Waals surface area contributed by atoms with E-state index < -0.39 is 0 Å². The molecule has 27 heavy (non-hydrogen) atoms. The van der Waals surface area contributed by atoms with Gasteiger partial charge < -0.3 is 20.4 Å². The highest BCUT2D eigenvalue weighted by Crippen LogP contribution is 2.19. The van der Waals surface area contributed by atoms with Crippen LogP contribution in [0.2, 0.25) is 0 Å². The molecule has 2 fully saturated rings. The molecule has 2 aliphatic heterocycles. The second kappa shape index (κ2) is 8.93. The number of hydrogen-bond donors (Lipinski definition) is 3. The van der Waals surface area contributed by atoms with Gasteiger partial charge >= 0.3 is 6.03 Å². The highest BCUT2D eigenvalue weighted by molar-refractivity contribution is 5.94. The van der Waals surface area contributed by atoms with Gasteiger partial charge in [0.15, 0.2) is 5.69 Å². The quantitative estimate of drug-likeness (QED) is 0.702. The number of aromatic nitrogens is 2. The summed E-state index contributed by atoms with van der Waals surface area (Å²) < 4.78 is 0. The Kier molecular flexibility index (Phi) is 6.59. The molecule has 0 aromatic carbocycles. The summed E-state index contributed by atoms with van der Waals surface area (Å²) >= 11 is 0. The van der Waals surface area contributed by atoms with Gasteiger partial charge in [-0.3, -0.25) is 9.89 Å². The highest BCUT2D eigenvalue weighted by Gasteiger charge is 2.30. The zero-order chi connectivity index (χ0) is 17.9. The van der Waals surface area contributed by atoms with Gasteiger partial charge in [0.25, 0.3) is 5.91 Å². The van der Waals surface area contributed by atoms with Crippen molar-refractivity contribution in [2.24, 2.45) is 0 Å². The standard InChI is InChI=1S/C18H28N6O2.ClH/c25-17(16-14-12-19-7-6-15(14)21-22-16)23-8-10-24(11-9-23)18(26)20-13-4-2-1-3-5-13;/h13,19H,1-12H2,(H,20,26)(H,21,22);1H. The first-order valence-electron chi connectivity index (χ1n) is 9.84. The van der Waals surface area contributed by atoms with Crippen LogP contribution in [0.4, 0.5) is 4.79 Å². The van der Waals surface area contributed by atoms with Crippen LogP contribution in [0.3, 0.4) is 0 Å². The van der Waals surface area contributed by atoms with E-state index in [1.165, 1.54) is 19.3 Å². The molecule has 3 aliphatic rings. The first kappa shape index (κ1) is 19.9. The summed E-state index contributed by atoms with van der Waals surface area (Å²) in [5.74, 6) is -0.0291. The van der Waals surface area contributed by atoms with Gasteiger partial charge in [0.05, 0.1) is 0 Å². The lowest BCUT2D eigenvalue weighted by Gasteiger charge is -2.36. The third-order valence-corrected chi connectivity index (χ3v) is 5.80. The van der Waals surface area contributed by atoms with Gasteiger partial charge in [-0.15, -0.1) is 12.4 Å². The minimum atomic E-state index is -0.0291. The summed E-state index contributed by atoms with van der Waals surface area (Å²) in [7, 11) is 0. The van der Waals surface area contributed by atoms with Crippen molar-refractivity contribution >= 4 is 24.3 Å². The van der Waals surface area contributed by atoms with E-state index in [2.05, 4.69) is 20.8 Å². The summed E-state index contributed by atoms with van der Waals surface area (Å²) in [5.41, 5.74) is 2.60. The Balaban J connectivity index is 0.00000210. The van der Waals surface area contributed by atoms with Crippen LogP contribution in [0, 0.1) is 0 Å². The van der Waals surface area contributed by atoms with Crippen LogP contribution in [0.25, 0.3) is 0 Å². The van der Waals surface area contributed by atoms with E-state index in [1.54, 1.807) is 0 Å². The predicted octanol–water partition coefficient (Wildman–Crippen LogP) is 1.28. The van der Waals surface area contributed by atoms with E-state index in [0.717, 1.165) is 37.1 Å². The monoisotopic (exact) mass is 396 g/mol. The molecular weight excluding hydrogens is 368 g/mol. The molecular formula is C18H29ClN6O2. The topological polar surface area (TPSA) is 93.4 Å². The smallest absolute Gasteiger partial charge is 0.317 e. The fourth-order valence-electron chi connectivity index (χ4n) is 4.18. The molecule has 1 saturated carbocycles. The van der Waals surface area contributed by atoms with Crippen molar-refractivity contribution in [3.63, 3.8) is 0 Å². The number of H-pyrrole nitrogens is 1. The molecule has 0 radical (unpaired) electrons. The summed E-state index contributed by atoms with van der Waals surface area (Å²) in [6, 6.07) is 0.337. The van der Waals surface area contributed by atoms with E-state index in [4.69, 9.17) is 0 Å². The molecule has 1 saturated heterocycles. The number of hydrogen-bond acceptors (Lipinski definition) is 4. The molecule has 0 unspecified atom stereocenters. The van der Waals surface area contributed by atoms with Gasteiger partial charge in [0.2, 0.25) is 0 Å². The van der Waals surface area contributed by atoms with Crippen LogP contribution >= 0.6 is 12.4 Å². The molecule has 3 amide bonds. The lowest BCUT2D eigenvalue weighted by molar-refractivity contribution is 0.0655. The average Bonchev–Trinajstić information content (AvgIpc) is 3.12. The minimum absolute atomic E-state index is 0. The number of urea groups is 1. The minimum Gasteiger partial charge on any atom is -0.335 e. The van der Waals surface area contributed by atoms with Crippen molar-refractivity contribution in [3.05, 3.63) is 17.0 Å². The number of carbonyl (C=O) groups excluding carboxylic acids is 2. The second-order valence-electron chi connectivity index (χ2n) is 7.52. The third-order valence-electron chi connectivity index (χ3n) is 5.80. The summed E-state index contributed by atoms with van der Waals surface area (Å²) in [6.45, 7) is 3.89. The van der Waals surface area contributed by atoms with Gasteiger partial charge in [-0.25, -0.2) is 4.79 Å². The summed E-state index contributed by atoms with van der Waals surface area (Å²) in [6.07, 6.45) is 6.74. The van der Waals surface area contributed by atoms with Crippen molar-refractivity contribution in [1.82, 2.24) is 30.6 Å². The first-order chi connectivity index (χ1) is 12.7. The molecule has 3 heterocycles. The van der Waals surface area contributed by atoms with Crippen molar-refractivity contribution in [2.75, 3.05) is 32.7 Å². The number of aromatic amines is 1. The summed E-state index contributed by atoms with van der Waals surface area (Å²) in [5, 5.41) is 13.7. The first-order valence-corrected chi connectivity index (χ1v) is 9.84. The van der Waals surface area contributed by atoms with Crippen LogP contribution in [0.1, 0.15) is 53.8 Å². The zero-order valence-electron chi connectivity index (χ0n) is 15.6. The van der Waals surface area contributed by atoms with Crippen molar-refractivity contribution in [3.8, 4) is 0 Å². The largest absolute Gasteiger partial charge is 0.335 e. The van der Waals surface area contributed by atoms with Crippen LogP contribution < -0.4 is 10.6 Å². The van der Waals surface area contributed by atoms with Crippen molar-refractivity contribution < 1.29 is 9.59 Å². The third kappa shape index (κ3) is 4.38. The second-order valence-corrected chi connectivity index (χ2v) is 7.52. The van der Waals surface area contributed by atoms with E-state index in [0.29, 0.717) is 44.5 Å². The number of nitrogens with zero attached hydrogens (tertiary/aromatic N) is 3. The Morgan fingerprint density at radius 2 is 1.74 bits per heavy atom. The number of carbonyl (C=O) groups is 2. The van der Waals surface area contributed by atoms with Crippen LogP contribution in [-0.4, -0.2) is 70.7 Å². The number of nitrogens with one attached hydrogen (secondary N) is 3. The molecule has 0 atom stereocenters.